The lowest BCUT2D eigenvalue weighted by Gasteiger charge is -2.22. The summed E-state index contributed by atoms with van der Waals surface area (Å²) in [7, 11) is 0. The molecular weight excluding hydrogens is 90.1 g/mol. The molecule has 0 saturated carbocycles. The fourth-order valence-corrected chi connectivity index (χ4v) is 0.458. The predicted octanol–water partition coefficient (Wildman–Crippen LogP) is 1.22. The van der Waals surface area contributed by atoms with E-state index in [4.69, 9.17) is 0 Å². The fraction of sp³-hybridized carbons (Fsp3) is 0.200. The molecule has 7 heavy (non-hydrogen) atoms. The minimum Gasteiger partial charge on any atom is -0.755 e. The van der Waals surface area contributed by atoms with Crippen LogP contribution >= 0.6 is 0 Å². The maximum absolute atomic E-state index is 10.2. The first kappa shape index (κ1) is 4.40. The van der Waals surface area contributed by atoms with Gasteiger partial charge in [-0.25, -0.2) is 0 Å². The van der Waals surface area contributed by atoms with E-state index >= 15 is 0 Å². The molecule has 0 amide bonds. The first-order valence-electron chi connectivity index (χ1n) is 2.18. The Labute approximate surface area is 42.3 Å². The number of hydroxylamine groups is 2. The monoisotopic (exact) mass is 96.0 g/mol. The molecule has 0 bridgehead atoms. The lowest BCUT2D eigenvalue weighted by atomic mass is 10.3. The average Bonchev–Trinajstić information content (AvgIpc) is 1.69. The summed E-state index contributed by atoms with van der Waals surface area (Å²) in [6.07, 6.45) is 7.51. The normalized spacial score (nSPS) is 18.1. The van der Waals surface area contributed by atoms with Crippen LogP contribution in [0.1, 0.15) is 6.42 Å². The zero-order valence-corrected chi connectivity index (χ0v) is 3.87. The van der Waals surface area contributed by atoms with Crippen molar-refractivity contribution in [1.82, 2.24) is 5.06 Å². The van der Waals surface area contributed by atoms with Crippen LogP contribution in [0.3, 0.4) is 0 Å². The van der Waals surface area contributed by atoms with E-state index in [-0.39, 0.29) is 0 Å². The molecule has 1 heterocycles. The summed E-state index contributed by atoms with van der Waals surface area (Å²) in [5.41, 5.74) is 0. The van der Waals surface area contributed by atoms with Crippen LogP contribution in [0.25, 0.3) is 0 Å². The van der Waals surface area contributed by atoms with Gasteiger partial charge in [-0.1, -0.05) is 12.2 Å². The van der Waals surface area contributed by atoms with Crippen molar-refractivity contribution in [2.45, 2.75) is 6.42 Å². The van der Waals surface area contributed by atoms with Gasteiger partial charge in [0.25, 0.3) is 0 Å². The van der Waals surface area contributed by atoms with Crippen LogP contribution in [0.5, 0.6) is 0 Å². The highest BCUT2D eigenvalue weighted by atomic mass is 16.5. The number of rotatable bonds is 0. The maximum atomic E-state index is 10.2. The molecule has 0 aromatic carbocycles. The van der Waals surface area contributed by atoms with Crippen molar-refractivity contribution in [3.8, 4) is 0 Å². The largest absolute Gasteiger partial charge is 0.755 e. The molecule has 0 aliphatic carbocycles. The summed E-state index contributed by atoms with van der Waals surface area (Å²) >= 11 is 0. The Bertz CT molecular complexity index is 94.6. The molecule has 2 heteroatoms. The molecule has 0 spiro atoms. The molecule has 0 unspecified atom stereocenters. The third kappa shape index (κ3) is 1.05. The molecule has 0 aromatic heterocycles. The van der Waals surface area contributed by atoms with Gasteiger partial charge in [-0.05, 0) is 18.8 Å². The van der Waals surface area contributed by atoms with Crippen molar-refractivity contribution in [1.29, 1.82) is 0 Å². The van der Waals surface area contributed by atoms with Crippen molar-refractivity contribution >= 4 is 0 Å². The summed E-state index contributed by atoms with van der Waals surface area (Å²) < 4.78 is 0. The number of hydrogen-bond acceptors (Lipinski definition) is 2. The van der Waals surface area contributed by atoms with Crippen LogP contribution in [0.2, 0.25) is 0 Å². The van der Waals surface area contributed by atoms with Gasteiger partial charge in [0.05, 0.1) is 0 Å². The number of hydrogen-bond donors (Lipinski definition) is 0. The van der Waals surface area contributed by atoms with Gasteiger partial charge >= 0.3 is 0 Å². The lowest BCUT2D eigenvalue weighted by molar-refractivity contribution is 0.681. The van der Waals surface area contributed by atoms with Crippen LogP contribution in [-0.2, 0) is 0 Å². The van der Waals surface area contributed by atoms with Gasteiger partial charge in [0.1, 0.15) is 0 Å². The summed E-state index contributed by atoms with van der Waals surface area (Å²) in [5, 5.41) is 11.0. The van der Waals surface area contributed by atoms with E-state index in [1.54, 1.807) is 0 Å². The lowest BCUT2D eigenvalue weighted by Crippen LogP contribution is -1.98. The third-order valence-corrected chi connectivity index (χ3v) is 0.777. The molecule has 1 aliphatic heterocycles. The molecule has 0 N–H and O–H groups in total. The zero-order valence-electron chi connectivity index (χ0n) is 3.87. The minimum atomic E-state index is 0.781. The SMILES string of the molecule is [O-]N1C=CCC=C1. The highest BCUT2D eigenvalue weighted by Crippen LogP contribution is 1.98. The van der Waals surface area contributed by atoms with Gasteiger partial charge < -0.3 is 10.3 Å². The van der Waals surface area contributed by atoms with E-state index in [0.29, 0.717) is 0 Å². The number of nitrogens with zero attached hydrogens (tertiary/aromatic N) is 1. The standard InChI is InChI=1S/C5H6NO/c7-6-4-2-1-3-5-6/h2-5H,1H2/q-1. The Morgan fingerprint density at radius 2 is 1.86 bits per heavy atom. The van der Waals surface area contributed by atoms with Crippen LogP contribution < -0.4 is 0 Å². The third-order valence-electron chi connectivity index (χ3n) is 0.777. The van der Waals surface area contributed by atoms with E-state index in [1.165, 1.54) is 12.4 Å². The highest BCUT2D eigenvalue weighted by molar-refractivity contribution is 5.01. The van der Waals surface area contributed by atoms with Crippen molar-refractivity contribution in [2.24, 2.45) is 0 Å². The first-order valence-corrected chi connectivity index (χ1v) is 2.18. The molecule has 0 aromatic rings. The summed E-state index contributed by atoms with van der Waals surface area (Å²) in [6.45, 7) is 0. The quantitative estimate of drug-likeness (QED) is 0.453. The summed E-state index contributed by atoms with van der Waals surface area (Å²) in [5.74, 6) is 0. The second-order valence-corrected chi connectivity index (χ2v) is 1.37. The Hall–Kier alpha value is -0.760. The molecule has 0 fully saturated rings. The van der Waals surface area contributed by atoms with Crippen LogP contribution in [-0.4, -0.2) is 5.06 Å². The van der Waals surface area contributed by atoms with Crippen LogP contribution in [0.4, 0.5) is 0 Å². The van der Waals surface area contributed by atoms with Gasteiger partial charge in [-0.3, -0.25) is 0 Å². The van der Waals surface area contributed by atoms with Gasteiger partial charge in [-0.15, -0.1) is 0 Å². The van der Waals surface area contributed by atoms with Crippen molar-refractivity contribution in [2.75, 3.05) is 0 Å². The molecule has 2 nitrogen and oxygen atoms in total. The first-order chi connectivity index (χ1) is 3.39. The Balaban J connectivity index is 2.49. The average molecular weight is 96.1 g/mol. The fourth-order valence-electron chi connectivity index (χ4n) is 0.458. The number of allylic oxidation sites excluding steroid dienone is 2. The Kier molecular flexibility index (Phi) is 1.13. The van der Waals surface area contributed by atoms with E-state index in [9.17, 15) is 5.21 Å². The maximum Gasteiger partial charge on any atom is -0.0115 e. The van der Waals surface area contributed by atoms with E-state index in [0.717, 1.165) is 11.5 Å². The van der Waals surface area contributed by atoms with E-state index < -0.39 is 0 Å². The zero-order chi connectivity index (χ0) is 5.11. The van der Waals surface area contributed by atoms with Gasteiger partial charge in [0.15, 0.2) is 0 Å². The van der Waals surface area contributed by atoms with Gasteiger partial charge in [0, 0.05) is 0 Å². The second kappa shape index (κ2) is 1.80. The van der Waals surface area contributed by atoms with Gasteiger partial charge in [0.2, 0.25) is 0 Å². The summed E-state index contributed by atoms with van der Waals surface area (Å²) in [6, 6.07) is 0. The van der Waals surface area contributed by atoms with E-state index in [1.807, 2.05) is 12.2 Å². The minimum absolute atomic E-state index is 0.781. The molecule has 0 saturated heterocycles. The van der Waals surface area contributed by atoms with Gasteiger partial charge in [-0.2, -0.15) is 0 Å². The van der Waals surface area contributed by atoms with E-state index in [2.05, 4.69) is 0 Å². The predicted molar refractivity (Wildman–Crippen MR) is 28.1 cm³/mol. The molecule has 1 rings (SSSR count). The molecule has 0 radical (unpaired) electrons. The van der Waals surface area contributed by atoms with Crippen molar-refractivity contribution in [3.63, 3.8) is 0 Å². The van der Waals surface area contributed by atoms with Crippen LogP contribution in [0, 0.1) is 5.21 Å². The topological polar surface area (TPSA) is 26.3 Å². The van der Waals surface area contributed by atoms with Crippen LogP contribution in [0.15, 0.2) is 24.6 Å². The Morgan fingerprint density at radius 3 is 2.14 bits per heavy atom. The molecule has 38 valence electrons. The smallest absolute Gasteiger partial charge is 0.0115 e. The molecular formula is C5H6NO-. The molecule has 1 aliphatic rings. The Morgan fingerprint density at radius 1 is 1.29 bits per heavy atom. The highest BCUT2D eigenvalue weighted by Gasteiger charge is 1.78. The van der Waals surface area contributed by atoms with Crippen molar-refractivity contribution in [3.05, 3.63) is 29.8 Å². The molecule has 0 atom stereocenters. The summed E-state index contributed by atoms with van der Waals surface area (Å²) in [4.78, 5) is 0. The van der Waals surface area contributed by atoms with Crippen molar-refractivity contribution < 1.29 is 0 Å². The second-order valence-electron chi connectivity index (χ2n) is 1.37.